The molecule has 0 bridgehead atoms. The molecule has 1 atom stereocenters. The van der Waals surface area contributed by atoms with Gasteiger partial charge in [-0.15, -0.1) is 0 Å². The zero-order valence-corrected chi connectivity index (χ0v) is 10.1. The van der Waals surface area contributed by atoms with E-state index in [4.69, 9.17) is 5.26 Å². The van der Waals surface area contributed by atoms with E-state index in [1.54, 1.807) is 19.2 Å². The Balaban J connectivity index is 2.26. The Labute approximate surface area is 105 Å². The fourth-order valence-corrected chi connectivity index (χ4v) is 1.68. The maximum absolute atomic E-state index is 12.0. The van der Waals surface area contributed by atoms with E-state index in [0.717, 1.165) is 10.9 Å². The third-order valence-corrected chi connectivity index (χ3v) is 2.68. The predicted molar refractivity (Wildman–Crippen MR) is 68.9 cm³/mol. The van der Waals surface area contributed by atoms with E-state index in [1.807, 2.05) is 24.3 Å². The third kappa shape index (κ3) is 2.46. The minimum Gasteiger partial charge on any atom is -0.351 e. The lowest BCUT2D eigenvalue weighted by atomic mass is 10.1. The molecule has 2 rings (SSSR count). The van der Waals surface area contributed by atoms with Crippen LogP contribution in [-0.4, -0.2) is 17.4 Å². The molecular weight excluding hydrogens is 226 g/mol. The largest absolute Gasteiger partial charge is 0.351 e. The molecule has 1 heterocycles. The topological polar surface area (TPSA) is 65.8 Å². The smallest absolute Gasteiger partial charge is 0.252 e. The van der Waals surface area contributed by atoms with Crippen molar-refractivity contribution in [2.24, 2.45) is 5.92 Å². The van der Waals surface area contributed by atoms with E-state index in [-0.39, 0.29) is 11.8 Å². The van der Waals surface area contributed by atoms with Gasteiger partial charge in [0.15, 0.2) is 0 Å². The van der Waals surface area contributed by atoms with Crippen molar-refractivity contribution in [1.82, 2.24) is 10.3 Å². The summed E-state index contributed by atoms with van der Waals surface area (Å²) in [5.74, 6) is -0.363. The van der Waals surface area contributed by atoms with Crippen molar-refractivity contribution in [3.05, 3.63) is 42.1 Å². The highest BCUT2D eigenvalue weighted by Crippen LogP contribution is 2.15. The van der Waals surface area contributed by atoms with Crippen molar-refractivity contribution in [3.63, 3.8) is 0 Å². The Hall–Kier alpha value is -2.41. The number of hydrogen-bond acceptors (Lipinski definition) is 3. The number of pyridine rings is 1. The van der Waals surface area contributed by atoms with Gasteiger partial charge in [0.2, 0.25) is 0 Å². The van der Waals surface area contributed by atoms with Gasteiger partial charge in [0, 0.05) is 18.1 Å². The molecule has 1 N–H and O–H groups in total. The number of fused-ring (bicyclic) bond motifs is 1. The maximum atomic E-state index is 12.0. The molecular formula is C14H13N3O. The standard InChI is InChI=1S/C14H13N3O/c1-10(8-15)9-17-14(18)12-6-7-16-13-5-3-2-4-11(12)13/h2-7,10H,9H2,1H3,(H,17,18). The summed E-state index contributed by atoms with van der Waals surface area (Å²) < 4.78 is 0. The summed E-state index contributed by atoms with van der Waals surface area (Å²) in [6, 6.07) is 11.3. The summed E-state index contributed by atoms with van der Waals surface area (Å²) in [6.07, 6.45) is 1.62. The lowest BCUT2D eigenvalue weighted by Gasteiger charge is -2.08. The first-order valence-corrected chi connectivity index (χ1v) is 5.74. The monoisotopic (exact) mass is 239 g/mol. The van der Waals surface area contributed by atoms with Gasteiger partial charge in [-0.2, -0.15) is 5.26 Å². The van der Waals surface area contributed by atoms with Gasteiger partial charge in [0.05, 0.1) is 23.1 Å². The molecule has 1 unspecified atom stereocenters. The van der Waals surface area contributed by atoms with Crippen molar-refractivity contribution >= 4 is 16.8 Å². The minimum atomic E-state index is -0.193. The van der Waals surface area contributed by atoms with E-state index in [9.17, 15) is 4.79 Å². The quantitative estimate of drug-likeness (QED) is 0.892. The van der Waals surface area contributed by atoms with Gasteiger partial charge in [-0.1, -0.05) is 18.2 Å². The first-order chi connectivity index (χ1) is 8.72. The SMILES string of the molecule is CC(C#N)CNC(=O)c1ccnc2ccccc12. The van der Waals surface area contributed by atoms with E-state index in [0.29, 0.717) is 12.1 Å². The van der Waals surface area contributed by atoms with E-state index < -0.39 is 0 Å². The number of carbonyl (C=O) groups is 1. The van der Waals surface area contributed by atoms with E-state index in [1.165, 1.54) is 0 Å². The summed E-state index contributed by atoms with van der Waals surface area (Å²) in [7, 11) is 0. The predicted octanol–water partition coefficient (Wildman–Crippen LogP) is 2.12. The number of aromatic nitrogens is 1. The van der Waals surface area contributed by atoms with Crippen LogP contribution in [0.3, 0.4) is 0 Å². The van der Waals surface area contributed by atoms with Gasteiger partial charge >= 0.3 is 0 Å². The maximum Gasteiger partial charge on any atom is 0.252 e. The van der Waals surface area contributed by atoms with Crippen LogP contribution in [0.4, 0.5) is 0 Å². The third-order valence-electron chi connectivity index (χ3n) is 2.68. The molecule has 0 aliphatic heterocycles. The molecule has 0 fully saturated rings. The Morgan fingerprint density at radius 3 is 3.00 bits per heavy atom. The van der Waals surface area contributed by atoms with Crippen LogP contribution in [0.2, 0.25) is 0 Å². The van der Waals surface area contributed by atoms with Gasteiger partial charge in [0.1, 0.15) is 0 Å². The van der Waals surface area contributed by atoms with Crippen LogP contribution in [-0.2, 0) is 0 Å². The van der Waals surface area contributed by atoms with Gasteiger partial charge in [-0.05, 0) is 19.1 Å². The van der Waals surface area contributed by atoms with Crippen molar-refractivity contribution in [2.75, 3.05) is 6.54 Å². The zero-order valence-electron chi connectivity index (χ0n) is 10.1. The molecule has 1 aromatic heterocycles. The highest BCUT2D eigenvalue weighted by Gasteiger charge is 2.10. The molecule has 2 aromatic rings. The molecule has 4 nitrogen and oxygen atoms in total. The number of para-hydroxylation sites is 1. The molecule has 1 aromatic carbocycles. The summed E-state index contributed by atoms with van der Waals surface area (Å²) >= 11 is 0. The van der Waals surface area contributed by atoms with Crippen molar-refractivity contribution in [2.45, 2.75) is 6.92 Å². The molecule has 0 radical (unpaired) electrons. The molecule has 0 aliphatic carbocycles. The van der Waals surface area contributed by atoms with Crippen LogP contribution in [0.15, 0.2) is 36.5 Å². The fraction of sp³-hybridized carbons (Fsp3) is 0.214. The molecule has 0 spiro atoms. The van der Waals surface area contributed by atoms with Gasteiger partial charge < -0.3 is 5.32 Å². The summed E-state index contributed by atoms with van der Waals surface area (Å²) in [4.78, 5) is 16.2. The summed E-state index contributed by atoms with van der Waals surface area (Å²) in [6.45, 7) is 2.12. The first-order valence-electron chi connectivity index (χ1n) is 5.74. The molecule has 18 heavy (non-hydrogen) atoms. The molecule has 0 aliphatic rings. The number of carbonyl (C=O) groups excluding carboxylic acids is 1. The fourth-order valence-electron chi connectivity index (χ4n) is 1.68. The Kier molecular flexibility index (Phi) is 3.54. The molecule has 0 saturated carbocycles. The molecule has 1 amide bonds. The van der Waals surface area contributed by atoms with Crippen LogP contribution < -0.4 is 5.32 Å². The Morgan fingerprint density at radius 1 is 1.44 bits per heavy atom. The van der Waals surface area contributed by atoms with E-state index >= 15 is 0 Å². The second-order valence-corrected chi connectivity index (χ2v) is 4.12. The molecule has 90 valence electrons. The molecule has 4 heteroatoms. The van der Waals surface area contributed by atoms with Crippen molar-refractivity contribution in [1.29, 1.82) is 5.26 Å². The number of nitrogens with zero attached hydrogens (tertiary/aromatic N) is 2. The first kappa shape index (κ1) is 12.1. The van der Waals surface area contributed by atoms with Crippen LogP contribution >= 0.6 is 0 Å². The van der Waals surface area contributed by atoms with Crippen LogP contribution in [0.1, 0.15) is 17.3 Å². The van der Waals surface area contributed by atoms with Crippen LogP contribution in [0.5, 0.6) is 0 Å². The Morgan fingerprint density at radius 2 is 2.22 bits per heavy atom. The number of hydrogen-bond donors (Lipinski definition) is 1. The van der Waals surface area contributed by atoms with Crippen molar-refractivity contribution in [3.8, 4) is 6.07 Å². The van der Waals surface area contributed by atoms with Gasteiger partial charge in [-0.25, -0.2) is 0 Å². The summed E-state index contributed by atoms with van der Waals surface area (Å²) in [5.41, 5.74) is 1.38. The number of rotatable bonds is 3. The van der Waals surface area contributed by atoms with Crippen LogP contribution in [0.25, 0.3) is 10.9 Å². The molecule has 0 saturated heterocycles. The van der Waals surface area contributed by atoms with Crippen molar-refractivity contribution < 1.29 is 4.79 Å². The van der Waals surface area contributed by atoms with Gasteiger partial charge in [0.25, 0.3) is 5.91 Å². The highest BCUT2D eigenvalue weighted by molar-refractivity contribution is 6.05. The summed E-state index contributed by atoms with van der Waals surface area (Å²) in [5, 5.41) is 12.3. The van der Waals surface area contributed by atoms with Crippen LogP contribution in [0, 0.1) is 17.2 Å². The second-order valence-electron chi connectivity index (χ2n) is 4.12. The normalized spacial score (nSPS) is 11.8. The zero-order chi connectivity index (χ0) is 13.0. The second kappa shape index (κ2) is 5.28. The number of nitrogens with one attached hydrogen (secondary N) is 1. The van der Waals surface area contributed by atoms with E-state index in [2.05, 4.69) is 16.4 Å². The number of benzene rings is 1. The highest BCUT2D eigenvalue weighted by atomic mass is 16.1. The number of amides is 1. The average molecular weight is 239 g/mol. The lowest BCUT2D eigenvalue weighted by molar-refractivity contribution is 0.0952. The Bertz CT molecular complexity index is 610. The number of nitriles is 1. The lowest BCUT2D eigenvalue weighted by Crippen LogP contribution is -2.27. The van der Waals surface area contributed by atoms with Gasteiger partial charge in [-0.3, -0.25) is 9.78 Å². The average Bonchev–Trinajstić information content (AvgIpc) is 2.43. The minimum absolute atomic E-state index is 0.171.